The van der Waals surface area contributed by atoms with E-state index in [9.17, 15) is 9.59 Å². The molecule has 25 heavy (non-hydrogen) atoms. The van der Waals surface area contributed by atoms with Gasteiger partial charge in [-0.25, -0.2) is 0 Å². The van der Waals surface area contributed by atoms with E-state index in [0.717, 1.165) is 43.1 Å². The normalized spacial score (nSPS) is 17.6. The molecular formula is C20H29BrN2O2. The van der Waals surface area contributed by atoms with Crippen molar-refractivity contribution in [3.8, 4) is 0 Å². The molecule has 0 radical (unpaired) electrons. The van der Waals surface area contributed by atoms with Gasteiger partial charge in [0, 0.05) is 35.9 Å². The first-order chi connectivity index (χ1) is 12.0. The van der Waals surface area contributed by atoms with Crippen molar-refractivity contribution >= 4 is 27.7 Å². The van der Waals surface area contributed by atoms with Crippen molar-refractivity contribution < 1.29 is 9.59 Å². The van der Waals surface area contributed by atoms with Crippen molar-refractivity contribution in [3.63, 3.8) is 0 Å². The van der Waals surface area contributed by atoms with Gasteiger partial charge in [0.2, 0.25) is 11.8 Å². The number of unbranched alkanes of at least 4 members (excludes halogenated alkanes) is 1. The van der Waals surface area contributed by atoms with E-state index in [2.05, 4.69) is 45.5 Å². The number of rotatable bonds is 7. The molecule has 2 rings (SSSR count). The molecule has 0 bridgehead atoms. The number of carbonyl (C=O) groups excluding carboxylic acids is 2. The summed E-state index contributed by atoms with van der Waals surface area (Å²) in [6.07, 6.45) is 5.47. The molecule has 5 heteroatoms. The number of amides is 2. The average Bonchev–Trinajstić information content (AvgIpc) is 2.60. The van der Waals surface area contributed by atoms with Crippen LogP contribution in [0, 0.1) is 5.92 Å². The van der Waals surface area contributed by atoms with Crippen molar-refractivity contribution in [2.24, 2.45) is 5.92 Å². The Labute approximate surface area is 159 Å². The molecule has 1 N–H and O–H groups in total. The number of hydrogen-bond acceptors (Lipinski definition) is 2. The summed E-state index contributed by atoms with van der Waals surface area (Å²) in [7, 11) is 0. The van der Waals surface area contributed by atoms with Crippen LogP contribution < -0.4 is 5.32 Å². The highest BCUT2D eigenvalue weighted by Gasteiger charge is 2.24. The lowest BCUT2D eigenvalue weighted by Gasteiger charge is -2.33. The second-order valence-electron chi connectivity index (χ2n) is 7.18. The number of nitrogens with one attached hydrogen (secondary N) is 1. The second-order valence-corrected chi connectivity index (χ2v) is 8.09. The zero-order valence-electron chi connectivity index (χ0n) is 15.3. The number of hydrogen-bond donors (Lipinski definition) is 1. The van der Waals surface area contributed by atoms with Crippen LogP contribution in [0.4, 0.5) is 0 Å². The highest BCUT2D eigenvalue weighted by Crippen LogP contribution is 2.15. The Balaban J connectivity index is 1.69. The van der Waals surface area contributed by atoms with E-state index in [1.807, 2.05) is 18.7 Å². The third kappa shape index (κ3) is 6.81. The largest absolute Gasteiger partial charge is 0.351 e. The maximum Gasteiger partial charge on any atom is 0.222 e. The minimum Gasteiger partial charge on any atom is -0.351 e. The van der Waals surface area contributed by atoms with Gasteiger partial charge in [-0.05, 0) is 49.8 Å². The Hall–Kier alpha value is -1.36. The van der Waals surface area contributed by atoms with Gasteiger partial charge in [-0.15, -0.1) is 0 Å². The molecule has 0 aromatic heterocycles. The van der Waals surface area contributed by atoms with Crippen LogP contribution in [0.15, 0.2) is 28.7 Å². The molecule has 0 spiro atoms. The molecule has 1 aliphatic rings. The van der Waals surface area contributed by atoms with Crippen molar-refractivity contribution in [3.05, 3.63) is 34.3 Å². The van der Waals surface area contributed by atoms with Gasteiger partial charge in [-0.3, -0.25) is 9.59 Å². The quantitative estimate of drug-likeness (QED) is 0.694. The molecule has 1 heterocycles. The van der Waals surface area contributed by atoms with Crippen molar-refractivity contribution in [1.82, 2.24) is 10.2 Å². The Bertz CT molecular complexity index is 572. The van der Waals surface area contributed by atoms with E-state index in [1.165, 1.54) is 5.56 Å². The van der Waals surface area contributed by atoms with Gasteiger partial charge >= 0.3 is 0 Å². The molecule has 1 saturated heterocycles. The summed E-state index contributed by atoms with van der Waals surface area (Å²) < 4.78 is 1.09. The van der Waals surface area contributed by atoms with E-state index >= 15 is 0 Å². The first-order valence-electron chi connectivity index (χ1n) is 9.28. The van der Waals surface area contributed by atoms with E-state index in [0.29, 0.717) is 13.0 Å². The van der Waals surface area contributed by atoms with Gasteiger partial charge in [0.1, 0.15) is 0 Å². The minimum absolute atomic E-state index is 0.00955. The van der Waals surface area contributed by atoms with Crippen LogP contribution in [0.5, 0.6) is 0 Å². The van der Waals surface area contributed by atoms with Gasteiger partial charge in [0.25, 0.3) is 0 Å². The monoisotopic (exact) mass is 408 g/mol. The SMILES string of the molecule is CC(C)C(=O)NC1CCCN(C(=O)CCCCc2ccc(Br)cc2)C1. The molecule has 2 amide bonds. The van der Waals surface area contributed by atoms with Crippen LogP contribution in [-0.2, 0) is 16.0 Å². The maximum atomic E-state index is 12.4. The van der Waals surface area contributed by atoms with Gasteiger partial charge in [-0.2, -0.15) is 0 Å². The fraction of sp³-hybridized carbons (Fsp3) is 0.600. The predicted molar refractivity (Wildman–Crippen MR) is 104 cm³/mol. The van der Waals surface area contributed by atoms with Crippen LogP contribution in [0.2, 0.25) is 0 Å². The second kappa shape index (κ2) is 9.95. The third-order valence-electron chi connectivity index (χ3n) is 4.66. The van der Waals surface area contributed by atoms with Crippen LogP contribution in [-0.4, -0.2) is 35.8 Å². The number of aryl methyl sites for hydroxylation is 1. The number of piperidine rings is 1. The van der Waals surface area contributed by atoms with E-state index in [1.54, 1.807) is 0 Å². The third-order valence-corrected chi connectivity index (χ3v) is 5.19. The number of likely N-dealkylation sites (tertiary alicyclic amines) is 1. The Kier molecular flexibility index (Phi) is 7.94. The summed E-state index contributed by atoms with van der Waals surface area (Å²) in [6, 6.07) is 8.46. The Morgan fingerprint density at radius 1 is 1.24 bits per heavy atom. The van der Waals surface area contributed by atoms with E-state index < -0.39 is 0 Å². The summed E-state index contributed by atoms with van der Waals surface area (Å²) in [5.41, 5.74) is 1.31. The lowest BCUT2D eigenvalue weighted by Crippen LogP contribution is -2.50. The average molecular weight is 409 g/mol. The molecular weight excluding hydrogens is 380 g/mol. The molecule has 1 aromatic rings. The first kappa shape index (κ1) is 20.0. The fourth-order valence-corrected chi connectivity index (χ4v) is 3.37. The van der Waals surface area contributed by atoms with Crippen LogP contribution in [0.3, 0.4) is 0 Å². The van der Waals surface area contributed by atoms with Gasteiger partial charge in [-0.1, -0.05) is 41.9 Å². The number of benzene rings is 1. The summed E-state index contributed by atoms with van der Waals surface area (Å²) in [5.74, 6) is 0.290. The Morgan fingerprint density at radius 3 is 2.64 bits per heavy atom. The van der Waals surface area contributed by atoms with Gasteiger partial charge in [0.05, 0.1) is 0 Å². The van der Waals surface area contributed by atoms with E-state index in [-0.39, 0.29) is 23.8 Å². The highest BCUT2D eigenvalue weighted by atomic mass is 79.9. The molecule has 1 fully saturated rings. The van der Waals surface area contributed by atoms with Gasteiger partial charge < -0.3 is 10.2 Å². The Morgan fingerprint density at radius 2 is 1.96 bits per heavy atom. The van der Waals surface area contributed by atoms with Crippen LogP contribution >= 0.6 is 15.9 Å². The lowest BCUT2D eigenvalue weighted by atomic mass is 10.0. The topological polar surface area (TPSA) is 49.4 Å². The highest BCUT2D eigenvalue weighted by molar-refractivity contribution is 9.10. The van der Waals surface area contributed by atoms with Crippen molar-refractivity contribution in [2.75, 3.05) is 13.1 Å². The molecule has 1 aromatic carbocycles. The molecule has 1 unspecified atom stereocenters. The first-order valence-corrected chi connectivity index (χ1v) is 10.1. The summed E-state index contributed by atoms with van der Waals surface area (Å²) in [6.45, 7) is 5.27. The van der Waals surface area contributed by atoms with Crippen molar-refractivity contribution in [2.45, 2.75) is 58.4 Å². The fourth-order valence-electron chi connectivity index (χ4n) is 3.10. The number of carbonyl (C=O) groups is 2. The van der Waals surface area contributed by atoms with Crippen LogP contribution in [0.1, 0.15) is 51.5 Å². The molecule has 4 nitrogen and oxygen atoms in total. The predicted octanol–water partition coefficient (Wildman–Crippen LogP) is 3.93. The minimum atomic E-state index is -0.00955. The number of halogens is 1. The molecule has 0 aliphatic carbocycles. The van der Waals surface area contributed by atoms with Crippen molar-refractivity contribution in [1.29, 1.82) is 0 Å². The standard InChI is InChI=1S/C20H29BrN2O2/c1-15(2)20(25)22-18-7-5-13-23(14-18)19(24)8-4-3-6-16-9-11-17(21)12-10-16/h9-12,15,18H,3-8,13-14H2,1-2H3,(H,22,25). The number of nitrogens with zero attached hydrogens (tertiary/aromatic N) is 1. The molecule has 138 valence electrons. The summed E-state index contributed by atoms with van der Waals surface area (Å²) >= 11 is 3.44. The molecule has 0 saturated carbocycles. The van der Waals surface area contributed by atoms with Gasteiger partial charge in [0.15, 0.2) is 0 Å². The summed E-state index contributed by atoms with van der Waals surface area (Å²) in [5, 5.41) is 3.06. The van der Waals surface area contributed by atoms with E-state index in [4.69, 9.17) is 0 Å². The zero-order valence-corrected chi connectivity index (χ0v) is 16.8. The molecule has 1 aliphatic heterocycles. The zero-order chi connectivity index (χ0) is 18.2. The maximum absolute atomic E-state index is 12.4. The smallest absolute Gasteiger partial charge is 0.222 e. The van der Waals surface area contributed by atoms with Crippen LogP contribution in [0.25, 0.3) is 0 Å². The lowest BCUT2D eigenvalue weighted by molar-refractivity contribution is -0.134. The molecule has 1 atom stereocenters. The summed E-state index contributed by atoms with van der Waals surface area (Å²) in [4.78, 5) is 26.2.